The van der Waals surface area contributed by atoms with Gasteiger partial charge in [0.05, 0.1) is 9.85 Å². The molecule has 0 aliphatic heterocycles. The molecule has 0 aromatic heterocycles. The molecule has 0 spiro atoms. The Bertz CT molecular complexity index is 797. The first-order valence-corrected chi connectivity index (χ1v) is 7.58. The molecule has 122 valence electrons. The largest absolute Gasteiger partial charge is 0.280 e. The van der Waals surface area contributed by atoms with Crippen LogP contribution in [-0.2, 0) is 6.42 Å². The predicted octanol–water partition coefficient (Wildman–Crippen LogP) is 4.50. The predicted molar refractivity (Wildman–Crippen MR) is 96.3 cm³/mol. The summed E-state index contributed by atoms with van der Waals surface area (Å²) in [5, 5.41) is 22.4. The van der Waals surface area contributed by atoms with Crippen LogP contribution in [0.15, 0.2) is 48.5 Å². The molecule has 0 radical (unpaired) electrons. The van der Waals surface area contributed by atoms with Crippen molar-refractivity contribution in [3.05, 3.63) is 85.5 Å². The third-order valence-electron chi connectivity index (χ3n) is 3.46. The number of hydrogen-bond donors (Lipinski definition) is 0. The average Bonchev–Trinajstić information content (AvgIpc) is 2.59. The summed E-state index contributed by atoms with van der Waals surface area (Å²) in [6.07, 6.45) is 3.37. The summed E-state index contributed by atoms with van der Waals surface area (Å²) in [4.78, 5) is 21.7. The second-order valence-electron chi connectivity index (χ2n) is 4.97. The molecule has 0 heterocycles. The Morgan fingerprint density at radius 1 is 1.08 bits per heavy atom. The smallest absolute Gasteiger partial charge is 0.258 e. The van der Waals surface area contributed by atoms with Crippen LogP contribution in [0, 0.1) is 20.2 Å². The molecule has 0 fully saturated rings. The van der Waals surface area contributed by atoms with Crippen molar-refractivity contribution < 1.29 is 9.85 Å². The molecule has 2 aromatic carbocycles. The van der Waals surface area contributed by atoms with E-state index in [4.69, 9.17) is 12.2 Å². The summed E-state index contributed by atoms with van der Waals surface area (Å²) in [6.45, 7) is 1.65. The Labute approximate surface area is 143 Å². The molecular formula is C17H14N2O4S. The quantitative estimate of drug-likeness (QED) is 0.254. The molecule has 0 atom stereocenters. The van der Waals surface area contributed by atoms with Crippen molar-refractivity contribution in [3.8, 4) is 0 Å². The topological polar surface area (TPSA) is 86.3 Å². The summed E-state index contributed by atoms with van der Waals surface area (Å²) in [7, 11) is 0. The van der Waals surface area contributed by atoms with Crippen LogP contribution in [0.4, 0.5) is 11.4 Å². The lowest BCUT2D eigenvalue weighted by Gasteiger charge is -2.04. The summed E-state index contributed by atoms with van der Waals surface area (Å²) in [5.74, 6) is 0. The highest BCUT2D eigenvalue weighted by Gasteiger charge is 2.24. The zero-order valence-electron chi connectivity index (χ0n) is 12.8. The molecule has 0 saturated carbocycles. The Kier molecular flexibility index (Phi) is 5.49. The molecule has 0 N–H and O–H groups in total. The lowest BCUT2D eigenvalue weighted by molar-refractivity contribution is -0.395. The van der Waals surface area contributed by atoms with Gasteiger partial charge in [0.1, 0.15) is 5.56 Å². The number of hydrogen-bond acceptors (Lipinski definition) is 5. The highest BCUT2D eigenvalue weighted by atomic mass is 32.1. The van der Waals surface area contributed by atoms with Crippen molar-refractivity contribution in [2.75, 3.05) is 0 Å². The zero-order chi connectivity index (χ0) is 17.7. The maximum Gasteiger partial charge on any atom is 0.280 e. The van der Waals surface area contributed by atoms with Crippen LogP contribution in [0.5, 0.6) is 0 Å². The second kappa shape index (κ2) is 7.56. The van der Waals surface area contributed by atoms with Crippen molar-refractivity contribution in [1.29, 1.82) is 0 Å². The van der Waals surface area contributed by atoms with Gasteiger partial charge in [-0.1, -0.05) is 55.5 Å². The first-order chi connectivity index (χ1) is 11.4. The van der Waals surface area contributed by atoms with Gasteiger partial charge in [0.2, 0.25) is 0 Å². The van der Waals surface area contributed by atoms with Crippen molar-refractivity contribution in [3.63, 3.8) is 0 Å². The molecule has 0 aliphatic rings. The molecule has 0 amide bonds. The van der Waals surface area contributed by atoms with Gasteiger partial charge in [-0.05, 0) is 23.6 Å². The van der Waals surface area contributed by atoms with Gasteiger partial charge in [-0.25, -0.2) is 0 Å². The van der Waals surface area contributed by atoms with Gasteiger partial charge in [0.15, 0.2) is 0 Å². The summed E-state index contributed by atoms with van der Waals surface area (Å²) < 4.78 is 0. The highest BCUT2D eigenvalue weighted by molar-refractivity contribution is 7.81. The molecular weight excluding hydrogens is 328 g/mol. The van der Waals surface area contributed by atoms with Crippen LogP contribution in [0.25, 0.3) is 6.08 Å². The Morgan fingerprint density at radius 2 is 1.62 bits per heavy atom. The summed E-state index contributed by atoms with van der Waals surface area (Å²) in [6, 6.07) is 11.9. The van der Waals surface area contributed by atoms with Crippen LogP contribution in [0.3, 0.4) is 0 Å². The van der Waals surface area contributed by atoms with E-state index in [1.807, 2.05) is 30.3 Å². The maximum atomic E-state index is 11.2. The van der Waals surface area contributed by atoms with Crippen LogP contribution < -0.4 is 0 Å². The van der Waals surface area contributed by atoms with Gasteiger partial charge in [-0.15, -0.1) is 0 Å². The SMILES string of the molecule is CCc1c([N+](=O)[O-])cc(C=CC(=S)c2ccccc2)cc1[N+](=O)[O-]. The first-order valence-electron chi connectivity index (χ1n) is 7.17. The Hall–Kier alpha value is -2.93. The molecule has 24 heavy (non-hydrogen) atoms. The number of allylic oxidation sites excluding steroid dienone is 1. The van der Waals surface area contributed by atoms with E-state index >= 15 is 0 Å². The second-order valence-corrected chi connectivity index (χ2v) is 5.41. The average molecular weight is 342 g/mol. The minimum atomic E-state index is -0.599. The van der Waals surface area contributed by atoms with Crippen LogP contribution >= 0.6 is 12.2 Å². The summed E-state index contributed by atoms with van der Waals surface area (Å²) >= 11 is 5.28. The van der Waals surface area contributed by atoms with Crippen molar-refractivity contribution in [1.82, 2.24) is 0 Å². The zero-order valence-corrected chi connectivity index (χ0v) is 13.7. The van der Waals surface area contributed by atoms with Gasteiger partial charge >= 0.3 is 0 Å². The first kappa shape index (κ1) is 17.4. The van der Waals surface area contributed by atoms with Gasteiger partial charge in [-0.3, -0.25) is 20.2 Å². The van der Waals surface area contributed by atoms with Crippen molar-refractivity contribution in [2.45, 2.75) is 13.3 Å². The molecule has 0 saturated heterocycles. The van der Waals surface area contributed by atoms with E-state index in [9.17, 15) is 20.2 Å². The van der Waals surface area contributed by atoms with Crippen molar-refractivity contribution in [2.24, 2.45) is 0 Å². The van der Waals surface area contributed by atoms with Gasteiger partial charge < -0.3 is 0 Å². The van der Waals surface area contributed by atoms with Crippen LogP contribution in [-0.4, -0.2) is 14.7 Å². The van der Waals surface area contributed by atoms with E-state index < -0.39 is 9.85 Å². The molecule has 2 rings (SSSR count). The van der Waals surface area contributed by atoms with Crippen LogP contribution in [0.2, 0.25) is 0 Å². The van der Waals surface area contributed by atoms with E-state index in [-0.39, 0.29) is 23.4 Å². The molecule has 6 nitrogen and oxygen atoms in total. The van der Waals surface area contributed by atoms with E-state index in [1.165, 1.54) is 12.1 Å². The molecule has 0 unspecified atom stereocenters. The number of rotatable bonds is 6. The summed E-state index contributed by atoms with van der Waals surface area (Å²) in [5.41, 5.74) is 0.809. The van der Waals surface area contributed by atoms with E-state index in [2.05, 4.69) is 0 Å². The van der Waals surface area contributed by atoms with Gasteiger partial charge in [-0.2, -0.15) is 0 Å². The third kappa shape index (κ3) is 3.88. The highest BCUT2D eigenvalue weighted by Crippen LogP contribution is 2.31. The Morgan fingerprint density at radius 3 is 2.08 bits per heavy atom. The third-order valence-corrected chi connectivity index (χ3v) is 3.83. The Balaban J connectivity index is 2.44. The fraction of sp³-hybridized carbons (Fsp3) is 0.118. The maximum absolute atomic E-state index is 11.2. The van der Waals surface area contributed by atoms with E-state index in [0.717, 1.165) is 5.56 Å². The normalized spacial score (nSPS) is 10.7. The minimum Gasteiger partial charge on any atom is -0.258 e. The monoisotopic (exact) mass is 342 g/mol. The standard InChI is InChI=1S/C17H14N2O4S/c1-2-14-15(18(20)21)10-12(11-16(14)19(22)23)8-9-17(24)13-6-4-3-5-7-13/h3-11H,2H2,1H3. The molecule has 0 bridgehead atoms. The fourth-order valence-electron chi connectivity index (χ4n) is 2.32. The van der Waals surface area contributed by atoms with Crippen molar-refractivity contribution >= 4 is 34.5 Å². The van der Waals surface area contributed by atoms with E-state index in [1.54, 1.807) is 19.1 Å². The number of nitrogens with zero attached hydrogens (tertiary/aromatic N) is 2. The fourth-order valence-corrected chi connectivity index (χ4v) is 2.52. The molecule has 0 aliphatic carbocycles. The minimum absolute atomic E-state index is 0.118. The number of nitro groups is 2. The lowest BCUT2D eigenvalue weighted by Crippen LogP contribution is -2.01. The van der Waals surface area contributed by atoms with E-state index in [0.29, 0.717) is 10.4 Å². The number of thiocarbonyl (C=S) groups is 1. The lowest BCUT2D eigenvalue weighted by atomic mass is 10.0. The molecule has 2 aromatic rings. The van der Waals surface area contributed by atoms with Gasteiger partial charge in [0, 0.05) is 17.0 Å². The van der Waals surface area contributed by atoms with Crippen LogP contribution in [0.1, 0.15) is 23.6 Å². The molecule has 7 heteroatoms. The number of nitro benzene ring substituents is 2. The number of benzene rings is 2. The van der Waals surface area contributed by atoms with Gasteiger partial charge in [0.25, 0.3) is 11.4 Å².